The first-order valence-corrected chi connectivity index (χ1v) is 7.97. The van der Waals surface area contributed by atoms with Crippen molar-refractivity contribution in [3.63, 3.8) is 0 Å². The number of hydrogen-bond acceptors (Lipinski definition) is 3. The summed E-state index contributed by atoms with van der Waals surface area (Å²) >= 11 is 0. The molecule has 0 aromatic heterocycles. The topological polar surface area (TPSA) is 46.6 Å². The molecule has 3 rings (SSSR count). The number of hydrogen-bond donors (Lipinski definition) is 0. The number of amides is 1. The summed E-state index contributed by atoms with van der Waals surface area (Å²) in [5.41, 5.74) is 1.88. The third kappa shape index (κ3) is 3.90. The maximum Gasteiger partial charge on any atom is 0.311 e. The number of anilines is 1. The maximum atomic E-state index is 12.1. The SMILES string of the molecule is O=C(OC/C=C\c1ccccc1)[C@@H]1CC(=O)N(c2ccccc2)C1. The number of carbonyl (C=O) groups is 2. The molecule has 1 fully saturated rings. The number of para-hydroxylation sites is 1. The standard InChI is InChI=1S/C20H19NO3/c22-19-14-17(15-21(19)18-11-5-2-6-12-18)20(23)24-13-7-10-16-8-3-1-4-9-16/h1-12,17H,13-15H2/b10-7-/t17-/m1/s1. The smallest absolute Gasteiger partial charge is 0.311 e. The zero-order valence-corrected chi connectivity index (χ0v) is 13.3. The van der Waals surface area contributed by atoms with Crippen molar-refractivity contribution in [1.82, 2.24) is 0 Å². The third-order valence-electron chi connectivity index (χ3n) is 3.96. The third-order valence-corrected chi connectivity index (χ3v) is 3.96. The van der Waals surface area contributed by atoms with Crippen molar-refractivity contribution in [2.75, 3.05) is 18.1 Å². The first kappa shape index (κ1) is 16.0. The van der Waals surface area contributed by atoms with E-state index in [1.54, 1.807) is 11.0 Å². The molecule has 0 bridgehead atoms. The molecule has 4 nitrogen and oxygen atoms in total. The molecule has 1 saturated heterocycles. The molecule has 1 aliphatic rings. The van der Waals surface area contributed by atoms with E-state index >= 15 is 0 Å². The average molecular weight is 321 g/mol. The highest BCUT2D eigenvalue weighted by molar-refractivity contribution is 5.99. The minimum atomic E-state index is -0.400. The fraction of sp³-hybridized carbons (Fsp3) is 0.200. The minimum Gasteiger partial charge on any atom is -0.461 e. The summed E-state index contributed by atoms with van der Waals surface area (Å²) in [7, 11) is 0. The predicted octanol–water partition coefficient (Wildman–Crippen LogP) is 3.30. The van der Waals surface area contributed by atoms with Crippen molar-refractivity contribution < 1.29 is 14.3 Å². The lowest BCUT2D eigenvalue weighted by Gasteiger charge is -2.16. The normalized spacial score (nSPS) is 17.4. The second-order valence-corrected chi connectivity index (χ2v) is 5.68. The van der Waals surface area contributed by atoms with E-state index in [4.69, 9.17) is 4.74 Å². The van der Waals surface area contributed by atoms with Gasteiger partial charge in [-0.15, -0.1) is 0 Å². The highest BCUT2D eigenvalue weighted by atomic mass is 16.5. The summed E-state index contributed by atoms with van der Waals surface area (Å²) in [6.45, 7) is 0.591. The van der Waals surface area contributed by atoms with Gasteiger partial charge in [-0.3, -0.25) is 9.59 Å². The number of carbonyl (C=O) groups excluding carboxylic acids is 2. The molecule has 1 heterocycles. The largest absolute Gasteiger partial charge is 0.461 e. The van der Waals surface area contributed by atoms with Crippen LogP contribution in [0, 0.1) is 5.92 Å². The Hall–Kier alpha value is -2.88. The van der Waals surface area contributed by atoms with Crippen molar-refractivity contribution >= 4 is 23.6 Å². The number of nitrogens with zero attached hydrogens (tertiary/aromatic N) is 1. The second kappa shape index (κ2) is 7.59. The van der Waals surface area contributed by atoms with Crippen molar-refractivity contribution in [2.24, 2.45) is 5.92 Å². The van der Waals surface area contributed by atoms with Gasteiger partial charge in [-0.25, -0.2) is 0 Å². The Morgan fingerprint density at radius 1 is 1.08 bits per heavy atom. The Bertz CT molecular complexity index is 725. The van der Waals surface area contributed by atoms with Gasteiger partial charge in [-0.1, -0.05) is 54.6 Å². The summed E-state index contributed by atoms with van der Waals surface area (Å²) < 4.78 is 5.28. The lowest BCUT2D eigenvalue weighted by molar-refractivity contribution is -0.147. The zero-order valence-electron chi connectivity index (χ0n) is 13.3. The number of esters is 1. The molecule has 122 valence electrons. The van der Waals surface area contributed by atoms with Crippen LogP contribution in [0.25, 0.3) is 6.08 Å². The first-order valence-electron chi connectivity index (χ1n) is 7.97. The molecule has 24 heavy (non-hydrogen) atoms. The molecule has 0 spiro atoms. The Balaban J connectivity index is 1.51. The van der Waals surface area contributed by atoms with Crippen LogP contribution in [0.1, 0.15) is 12.0 Å². The van der Waals surface area contributed by atoms with Crippen molar-refractivity contribution in [3.8, 4) is 0 Å². The van der Waals surface area contributed by atoms with Crippen molar-refractivity contribution in [2.45, 2.75) is 6.42 Å². The molecular weight excluding hydrogens is 302 g/mol. The Morgan fingerprint density at radius 2 is 1.75 bits per heavy atom. The Kier molecular flexibility index (Phi) is 5.06. The number of rotatable bonds is 5. The Morgan fingerprint density at radius 3 is 2.46 bits per heavy atom. The summed E-state index contributed by atoms with van der Waals surface area (Å²) in [4.78, 5) is 25.9. The van der Waals surface area contributed by atoms with Crippen LogP contribution in [-0.4, -0.2) is 25.0 Å². The fourth-order valence-electron chi connectivity index (χ4n) is 2.72. The van der Waals surface area contributed by atoms with Gasteiger partial charge in [0.15, 0.2) is 0 Å². The van der Waals surface area contributed by atoms with Gasteiger partial charge in [0.2, 0.25) is 5.91 Å². The summed E-state index contributed by atoms with van der Waals surface area (Å²) in [6.07, 6.45) is 3.92. The van der Waals surface area contributed by atoms with E-state index in [1.807, 2.05) is 66.7 Å². The molecule has 0 saturated carbocycles. The van der Waals surface area contributed by atoms with E-state index in [1.165, 1.54) is 0 Å². The molecule has 1 amide bonds. The van der Waals surface area contributed by atoms with Gasteiger partial charge >= 0.3 is 5.97 Å². The van der Waals surface area contributed by atoms with E-state index in [0.717, 1.165) is 11.3 Å². The summed E-state index contributed by atoms with van der Waals surface area (Å²) in [6, 6.07) is 19.2. The van der Waals surface area contributed by atoms with E-state index in [0.29, 0.717) is 6.54 Å². The van der Waals surface area contributed by atoms with E-state index in [2.05, 4.69) is 0 Å². The predicted molar refractivity (Wildman–Crippen MR) is 93.3 cm³/mol. The minimum absolute atomic E-state index is 0.0389. The lowest BCUT2D eigenvalue weighted by atomic mass is 10.1. The molecule has 0 N–H and O–H groups in total. The summed E-state index contributed by atoms with van der Waals surface area (Å²) in [5, 5.41) is 0. The van der Waals surface area contributed by atoms with Gasteiger partial charge in [0.05, 0.1) is 5.92 Å². The Labute approximate surface area is 141 Å². The van der Waals surface area contributed by atoms with Gasteiger partial charge in [-0.05, 0) is 23.8 Å². The van der Waals surface area contributed by atoms with Crippen LogP contribution in [0.3, 0.4) is 0 Å². The van der Waals surface area contributed by atoms with Crippen LogP contribution in [-0.2, 0) is 14.3 Å². The highest BCUT2D eigenvalue weighted by Crippen LogP contribution is 2.25. The molecule has 0 radical (unpaired) electrons. The number of benzene rings is 2. The quantitative estimate of drug-likeness (QED) is 0.794. The van der Waals surface area contributed by atoms with Crippen molar-refractivity contribution in [1.29, 1.82) is 0 Å². The lowest BCUT2D eigenvalue weighted by Crippen LogP contribution is -2.26. The molecule has 4 heteroatoms. The maximum absolute atomic E-state index is 12.1. The van der Waals surface area contributed by atoms with E-state index in [9.17, 15) is 9.59 Å². The van der Waals surface area contributed by atoms with Crippen LogP contribution in [0.4, 0.5) is 5.69 Å². The van der Waals surface area contributed by atoms with E-state index < -0.39 is 5.92 Å². The van der Waals surface area contributed by atoms with Crippen molar-refractivity contribution in [3.05, 3.63) is 72.3 Å². The molecule has 2 aromatic carbocycles. The molecule has 1 aliphatic heterocycles. The first-order chi connectivity index (χ1) is 11.7. The van der Waals surface area contributed by atoms with Gasteiger partial charge in [-0.2, -0.15) is 0 Å². The van der Waals surface area contributed by atoms with Crippen LogP contribution in [0.15, 0.2) is 66.7 Å². The molecule has 0 aliphatic carbocycles. The molecule has 0 unspecified atom stereocenters. The average Bonchev–Trinajstić information content (AvgIpc) is 3.02. The molecular formula is C20H19NO3. The molecule has 2 aromatic rings. The van der Waals surface area contributed by atoms with Crippen LogP contribution < -0.4 is 4.90 Å². The van der Waals surface area contributed by atoms with E-state index in [-0.39, 0.29) is 24.9 Å². The van der Waals surface area contributed by atoms with Crippen LogP contribution in [0.5, 0.6) is 0 Å². The second-order valence-electron chi connectivity index (χ2n) is 5.68. The number of ether oxygens (including phenoxy) is 1. The van der Waals surface area contributed by atoms with Gasteiger partial charge in [0.1, 0.15) is 6.61 Å². The van der Waals surface area contributed by atoms with Gasteiger partial charge < -0.3 is 9.64 Å². The summed E-state index contributed by atoms with van der Waals surface area (Å²) in [5.74, 6) is -0.759. The van der Waals surface area contributed by atoms with Crippen LogP contribution >= 0.6 is 0 Å². The van der Waals surface area contributed by atoms with Gasteiger partial charge in [0, 0.05) is 18.7 Å². The van der Waals surface area contributed by atoms with Gasteiger partial charge in [0.25, 0.3) is 0 Å². The highest BCUT2D eigenvalue weighted by Gasteiger charge is 2.35. The molecule has 1 atom stereocenters. The monoisotopic (exact) mass is 321 g/mol. The van der Waals surface area contributed by atoms with Crippen LogP contribution in [0.2, 0.25) is 0 Å². The zero-order chi connectivity index (χ0) is 16.8. The fourth-order valence-corrected chi connectivity index (χ4v) is 2.72.